The maximum Gasteiger partial charge on any atom is 0.163 e. The van der Waals surface area contributed by atoms with Crippen molar-refractivity contribution < 1.29 is 14.2 Å². The van der Waals surface area contributed by atoms with E-state index in [0.717, 1.165) is 32.2 Å². The molecule has 30 heavy (non-hydrogen) atoms. The first-order valence-corrected chi connectivity index (χ1v) is 10.6. The summed E-state index contributed by atoms with van der Waals surface area (Å²) in [6.07, 6.45) is 1.56. The molecule has 0 fully saturated rings. The Morgan fingerprint density at radius 1 is 1.10 bits per heavy atom. The summed E-state index contributed by atoms with van der Waals surface area (Å²) in [6.45, 7) is 2.35. The molecule has 0 spiro atoms. The Balaban J connectivity index is 1.71. The predicted molar refractivity (Wildman–Crippen MR) is 120 cm³/mol. The van der Waals surface area contributed by atoms with Gasteiger partial charge in [0.05, 0.1) is 30.1 Å². The van der Waals surface area contributed by atoms with Crippen molar-refractivity contribution in [3.63, 3.8) is 0 Å². The van der Waals surface area contributed by atoms with Gasteiger partial charge >= 0.3 is 0 Å². The van der Waals surface area contributed by atoms with Crippen molar-refractivity contribution in [1.29, 1.82) is 0 Å². The van der Waals surface area contributed by atoms with Gasteiger partial charge in [-0.1, -0.05) is 29.8 Å². The van der Waals surface area contributed by atoms with Gasteiger partial charge in [-0.25, -0.2) is 4.98 Å². The number of hydrogen-bond acceptors (Lipinski definition) is 6. The summed E-state index contributed by atoms with van der Waals surface area (Å²) in [5.74, 6) is 2.03. The van der Waals surface area contributed by atoms with E-state index in [1.807, 2.05) is 54.0 Å². The quantitative estimate of drug-likeness (QED) is 0.416. The zero-order chi connectivity index (χ0) is 21.3. The lowest BCUT2D eigenvalue weighted by Gasteiger charge is -2.16. The lowest BCUT2D eigenvalue weighted by Crippen LogP contribution is -2.05. The van der Waals surface area contributed by atoms with Crippen LogP contribution in [0.25, 0.3) is 16.0 Å². The normalized spacial score (nSPS) is 12.2. The monoisotopic (exact) mass is 443 g/mol. The van der Waals surface area contributed by atoms with Crippen LogP contribution in [0.15, 0.2) is 48.8 Å². The highest BCUT2D eigenvalue weighted by atomic mass is 35.5. The second-order valence-corrected chi connectivity index (χ2v) is 8.19. The number of nitrogens with two attached hydrogens (primary N) is 1. The van der Waals surface area contributed by atoms with Gasteiger partial charge < -0.3 is 19.9 Å². The van der Waals surface area contributed by atoms with Gasteiger partial charge in [0.25, 0.3) is 0 Å². The lowest BCUT2D eigenvalue weighted by molar-refractivity contribution is 0.226. The van der Waals surface area contributed by atoms with Gasteiger partial charge in [-0.2, -0.15) is 0 Å². The first-order chi connectivity index (χ1) is 14.5. The Morgan fingerprint density at radius 3 is 2.53 bits per heavy atom. The summed E-state index contributed by atoms with van der Waals surface area (Å²) < 4.78 is 19.1. The standard InChI is InChI=1S/C22H22ClN3O3S/c1-13(14-6-4-5-7-15(14)23)29-20-10-22(30-21(20)11-24)26-12-25-16-8-18(27-2)19(28-3)9-17(16)26/h4-10,12-13H,11,24H2,1-3H3/t13-/m1/s1. The van der Waals surface area contributed by atoms with Crippen LogP contribution in [0, 0.1) is 0 Å². The van der Waals surface area contributed by atoms with E-state index in [1.54, 1.807) is 31.9 Å². The predicted octanol–water partition coefficient (Wildman–Crippen LogP) is 5.36. The van der Waals surface area contributed by atoms with Crippen LogP contribution < -0.4 is 19.9 Å². The van der Waals surface area contributed by atoms with Crippen LogP contribution in [0.3, 0.4) is 0 Å². The number of rotatable bonds is 7. The number of halogens is 1. The Labute approximate surface area is 183 Å². The first kappa shape index (κ1) is 20.5. The topological polar surface area (TPSA) is 71.5 Å². The van der Waals surface area contributed by atoms with Crippen molar-refractivity contribution in [2.75, 3.05) is 14.2 Å². The smallest absolute Gasteiger partial charge is 0.163 e. The van der Waals surface area contributed by atoms with E-state index in [9.17, 15) is 0 Å². The third-order valence-corrected chi connectivity index (χ3v) is 6.36. The second kappa shape index (κ2) is 8.55. The van der Waals surface area contributed by atoms with Crippen molar-refractivity contribution >= 4 is 34.0 Å². The fraction of sp³-hybridized carbons (Fsp3) is 0.227. The summed E-state index contributed by atoms with van der Waals surface area (Å²) in [6, 6.07) is 13.4. The number of benzene rings is 2. The lowest BCUT2D eigenvalue weighted by atomic mass is 10.1. The van der Waals surface area contributed by atoms with Crippen molar-refractivity contribution in [3.8, 4) is 22.2 Å². The number of nitrogens with zero attached hydrogens (tertiary/aromatic N) is 2. The van der Waals surface area contributed by atoms with E-state index in [0.29, 0.717) is 23.1 Å². The molecule has 0 aliphatic rings. The second-order valence-electron chi connectivity index (χ2n) is 6.67. The van der Waals surface area contributed by atoms with E-state index >= 15 is 0 Å². The van der Waals surface area contributed by atoms with Crippen molar-refractivity contribution in [1.82, 2.24) is 9.55 Å². The van der Waals surface area contributed by atoms with Crippen LogP contribution in [-0.2, 0) is 6.54 Å². The number of methoxy groups -OCH3 is 2. The van der Waals surface area contributed by atoms with Crippen LogP contribution in [-0.4, -0.2) is 23.8 Å². The van der Waals surface area contributed by atoms with E-state index < -0.39 is 0 Å². The minimum atomic E-state index is -0.213. The molecule has 2 heterocycles. The SMILES string of the molecule is COc1cc2ncn(-c3cc(O[C@H](C)c4ccccc4Cl)c(CN)s3)c2cc1OC. The Bertz CT molecular complexity index is 1190. The molecule has 6 nitrogen and oxygen atoms in total. The highest BCUT2D eigenvalue weighted by molar-refractivity contribution is 7.14. The summed E-state index contributed by atoms with van der Waals surface area (Å²) in [4.78, 5) is 5.46. The fourth-order valence-electron chi connectivity index (χ4n) is 3.33. The number of aromatic nitrogens is 2. The maximum atomic E-state index is 6.33. The average Bonchev–Trinajstić information content (AvgIpc) is 3.35. The van der Waals surface area contributed by atoms with E-state index in [4.69, 9.17) is 31.5 Å². The molecule has 8 heteroatoms. The van der Waals surface area contributed by atoms with Gasteiger partial charge in [0.15, 0.2) is 11.5 Å². The molecule has 4 rings (SSSR count). The molecule has 0 saturated carbocycles. The Kier molecular flexibility index (Phi) is 5.85. The average molecular weight is 444 g/mol. The first-order valence-electron chi connectivity index (χ1n) is 9.39. The molecular formula is C22H22ClN3O3S. The third-order valence-electron chi connectivity index (χ3n) is 4.88. The van der Waals surface area contributed by atoms with Crippen molar-refractivity contribution in [3.05, 3.63) is 64.3 Å². The highest BCUT2D eigenvalue weighted by Gasteiger charge is 2.18. The highest BCUT2D eigenvalue weighted by Crippen LogP contribution is 2.38. The van der Waals surface area contributed by atoms with Crippen LogP contribution in [0.2, 0.25) is 5.02 Å². The van der Waals surface area contributed by atoms with Crippen molar-refractivity contribution in [2.24, 2.45) is 5.73 Å². The molecule has 1 atom stereocenters. The van der Waals surface area contributed by atoms with E-state index in [1.165, 1.54) is 0 Å². The summed E-state index contributed by atoms with van der Waals surface area (Å²) >= 11 is 7.89. The molecule has 4 aromatic rings. The van der Waals surface area contributed by atoms with Gasteiger partial charge in [-0.3, -0.25) is 4.57 Å². The number of imidazole rings is 1. The maximum absolute atomic E-state index is 6.33. The molecule has 0 radical (unpaired) electrons. The molecule has 0 aliphatic carbocycles. The van der Waals surface area contributed by atoms with Crippen LogP contribution >= 0.6 is 22.9 Å². The summed E-state index contributed by atoms with van der Waals surface area (Å²) in [5, 5.41) is 1.63. The zero-order valence-corrected chi connectivity index (χ0v) is 18.5. The molecular weight excluding hydrogens is 422 g/mol. The van der Waals surface area contributed by atoms with E-state index in [-0.39, 0.29) is 6.10 Å². The van der Waals surface area contributed by atoms with Crippen LogP contribution in [0.1, 0.15) is 23.5 Å². The molecule has 0 bridgehead atoms. The molecule has 156 valence electrons. The number of fused-ring (bicyclic) bond motifs is 1. The molecule has 0 saturated heterocycles. The molecule has 2 aromatic heterocycles. The third kappa shape index (κ3) is 3.71. The molecule has 2 N–H and O–H groups in total. The summed E-state index contributed by atoms with van der Waals surface area (Å²) in [5.41, 5.74) is 8.64. The minimum absolute atomic E-state index is 0.213. The van der Waals surface area contributed by atoms with Gasteiger partial charge in [0.1, 0.15) is 23.2 Å². The Morgan fingerprint density at radius 2 is 1.83 bits per heavy atom. The minimum Gasteiger partial charge on any atom is -0.493 e. The molecule has 2 aromatic carbocycles. The molecule has 0 unspecified atom stereocenters. The molecule has 0 amide bonds. The molecule has 0 aliphatic heterocycles. The Hall–Kier alpha value is -2.74. The van der Waals surface area contributed by atoms with Gasteiger partial charge in [-0.05, 0) is 13.0 Å². The van der Waals surface area contributed by atoms with Gasteiger partial charge in [0.2, 0.25) is 0 Å². The fourth-order valence-corrected chi connectivity index (χ4v) is 4.57. The number of hydrogen-bond donors (Lipinski definition) is 1. The number of thiophene rings is 1. The van der Waals surface area contributed by atoms with Crippen LogP contribution in [0.5, 0.6) is 17.2 Å². The number of ether oxygens (including phenoxy) is 3. The van der Waals surface area contributed by atoms with Gasteiger partial charge in [-0.15, -0.1) is 11.3 Å². The largest absolute Gasteiger partial charge is 0.493 e. The van der Waals surface area contributed by atoms with Gasteiger partial charge in [0, 0.05) is 35.3 Å². The zero-order valence-electron chi connectivity index (χ0n) is 16.9. The van der Waals surface area contributed by atoms with Crippen LogP contribution in [0.4, 0.5) is 0 Å². The summed E-state index contributed by atoms with van der Waals surface area (Å²) in [7, 11) is 3.22. The van der Waals surface area contributed by atoms with E-state index in [2.05, 4.69) is 4.98 Å². The van der Waals surface area contributed by atoms with Crippen molar-refractivity contribution in [2.45, 2.75) is 19.6 Å².